The highest BCUT2D eigenvalue weighted by molar-refractivity contribution is 6.31. The summed E-state index contributed by atoms with van der Waals surface area (Å²) in [6.07, 6.45) is 1.79. The molecule has 0 fully saturated rings. The second kappa shape index (κ2) is 8.81. The minimum Gasteiger partial charge on any atom is -0.493 e. The molecule has 6 heteroatoms. The van der Waals surface area contributed by atoms with Gasteiger partial charge in [0.1, 0.15) is 6.61 Å². The van der Waals surface area contributed by atoms with E-state index in [9.17, 15) is 5.26 Å². The Hall–Kier alpha value is -3.62. The number of methoxy groups -OCH3 is 1. The Morgan fingerprint density at radius 3 is 2.70 bits per heavy atom. The van der Waals surface area contributed by atoms with Gasteiger partial charge in [0.15, 0.2) is 23.0 Å². The van der Waals surface area contributed by atoms with E-state index in [1.165, 1.54) is 0 Å². The Morgan fingerprint density at radius 1 is 1.07 bits per heavy atom. The molecule has 0 N–H and O–H groups in total. The topological polar surface area (TPSA) is 60.7 Å². The molecule has 1 aliphatic rings. The standard InChI is InChI=1S/C24H18ClNO4/c1-27-23-11-16(6-8-21(23)28-14-18-4-2-3-5-20(18)25)10-19(13-26)17-7-9-22-24(12-17)30-15-29-22/h2-12H,14-15H2,1H3/b19-10-. The zero-order chi connectivity index (χ0) is 20.9. The van der Waals surface area contributed by atoms with E-state index in [1.54, 1.807) is 25.3 Å². The third-order valence-corrected chi connectivity index (χ3v) is 5.01. The van der Waals surface area contributed by atoms with Crippen LogP contribution in [0.1, 0.15) is 16.7 Å². The van der Waals surface area contributed by atoms with E-state index in [4.69, 9.17) is 30.5 Å². The van der Waals surface area contributed by atoms with Crippen LogP contribution in [-0.2, 0) is 6.61 Å². The van der Waals surface area contributed by atoms with Gasteiger partial charge in [0.2, 0.25) is 6.79 Å². The highest BCUT2D eigenvalue weighted by atomic mass is 35.5. The Kier molecular flexibility index (Phi) is 5.78. The van der Waals surface area contributed by atoms with Gasteiger partial charge in [-0.15, -0.1) is 0 Å². The van der Waals surface area contributed by atoms with Crippen molar-refractivity contribution in [3.63, 3.8) is 0 Å². The maximum Gasteiger partial charge on any atom is 0.231 e. The normalized spacial score (nSPS) is 12.4. The maximum absolute atomic E-state index is 9.65. The lowest BCUT2D eigenvalue weighted by Crippen LogP contribution is -1.98. The molecule has 150 valence electrons. The number of benzene rings is 3. The van der Waals surface area contributed by atoms with Gasteiger partial charge < -0.3 is 18.9 Å². The summed E-state index contributed by atoms with van der Waals surface area (Å²) in [6, 6.07) is 20.7. The molecule has 0 aromatic heterocycles. The van der Waals surface area contributed by atoms with Crippen molar-refractivity contribution in [1.82, 2.24) is 0 Å². The fourth-order valence-electron chi connectivity index (χ4n) is 3.08. The van der Waals surface area contributed by atoms with Gasteiger partial charge in [0.25, 0.3) is 0 Å². The van der Waals surface area contributed by atoms with E-state index in [1.807, 2.05) is 48.5 Å². The summed E-state index contributed by atoms with van der Waals surface area (Å²) in [5.74, 6) is 2.47. The van der Waals surface area contributed by atoms with Crippen LogP contribution in [-0.4, -0.2) is 13.9 Å². The van der Waals surface area contributed by atoms with E-state index in [0.29, 0.717) is 40.2 Å². The Balaban J connectivity index is 1.57. The highest BCUT2D eigenvalue weighted by Gasteiger charge is 2.15. The summed E-state index contributed by atoms with van der Waals surface area (Å²) in [4.78, 5) is 0. The Bertz CT molecular complexity index is 1150. The number of nitriles is 1. The van der Waals surface area contributed by atoms with Crippen LogP contribution in [0.4, 0.5) is 0 Å². The quantitative estimate of drug-likeness (QED) is 0.377. The number of rotatable bonds is 6. The average molecular weight is 420 g/mol. The van der Waals surface area contributed by atoms with Crippen molar-refractivity contribution in [2.24, 2.45) is 0 Å². The lowest BCUT2D eigenvalue weighted by atomic mass is 10.0. The lowest BCUT2D eigenvalue weighted by molar-refractivity contribution is 0.174. The molecule has 0 saturated carbocycles. The number of hydrogen-bond acceptors (Lipinski definition) is 5. The SMILES string of the molecule is COc1cc(/C=C(/C#N)c2ccc3c(c2)OCO3)ccc1OCc1ccccc1Cl. The summed E-state index contributed by atoms with van der Waals surface area (Å²) >= 11 is 6.19. The van der Waals surface area contributed by atoms with Gasteiger partial charge >= 0.3 is 0 Å². The number of nitrogens with zero attached hydrogens (tertiary/aromatic N) is 1. The van der Waals surface area contributed by atoms with E-state index in [2.05, 4.69) is 6.07 Å². The molecule has 0 radical (unpaired) electrons. The van der Waals surface area contributed by atoms with Gasteiger partial charge in [-0.2, -0.15) is 5.26 Å². The highest BCUT2D eigenvalue weighted by Crippen LogP contribution is 2.35. The summed E-state index contributed by atoms with van der Waals surface area (Å²) in [5.41, 5.74) is 2.95. The molecule has 0 amide bonds. The fraction of sp³-hybridized carbons (Fsp3) is 0.125. The number of halogens is 1. The molecule has 3 aromatic rings. The van der Waals surface area contributed by atoms with Gasteiger partial charge in [-0.05, 0) is 53.6 Å². The molecule has 4 rings (SSSR count). The van der Waals surface area contributed by atoms with E-state index in [-0.39, 0.29) is 6.79 Å². The summed E-state index contributed by atoms with van der Waals surface area (Å²) in [5, 5.41) is 10.3. The van der Waals surface area contributed by atoms with Crippen molar-refractivity contribution >= 4 is 23.3 Å². The first kappa shape index (κ1) is 19.7. The molecule has 0 spiro atoms. The molecule has 0 bridgehead atoms. The van der Waals surface area contributed by atoms with Crippen LogP contribution < -0.4 is 18.9 Å². The number of hydrogen-bond donors (Lipinski definition) is 0. The summed E-state index contributed by atoms with van der Waals surface area (Å²) in [6.45, 7) is 0.517. The maximum atomic E-state index is 9.65. The summed E-state index contributed by atoms with van der Waals surface area (Å²) in [7, 11) is 1.58. The van der Waals surface area contributed by atoms with Crippen LogP contribution in [0.25, 0.3) is 11.6 Å². The molecular formula is C24H18ClNO4. The largest absolute Gasteiger partial charge is 0.493 e. The Morgan fingerprint density at radius 2 is 1.90 bits per heavy atom. The minimum atomic E-state index is 0.192. The number of allylic oxidation sites excluding steroid dienone is 1. The Labute approximate surface area is 179 Å². The molecular weight excluding hydrogens is 402 g/mol. The first-order valence-corrected chi connectivity index (χ1v) is 9.62. The van der Waals surface area contributed by atoms with Gasteiger partial charge in [0, 0.05) is 10.6 Å². The van der Waals surface area contributed by atoms with Crippen LogP contribution in [0.15, 0.2) is 60.7 Å². The molecule has 0 saturated heterocycles. The predicted molar refractivity (Wildman–Crippen MR) is 115 cm³/mol. The number of fused-ring (bicyclic) bond motifs is 1. The molecule has 30 heavy (non-hydrogen) atoms. The van der Waals surface area contributed by atoms with Crippen LogP contribution in [0.2, 0.25) is 5.02 Å². The average Bonchev–Trinajstić information content (AvgIpc) is 3.25. The minimum absolute atomic E-state index is 0.192. The molecule has 5 nitrogen and oxygen atoms in total. The third-order valence-electron chi connectivity index (χ3n) is 4.64. The van der Waals surface area contributed by atoms with Crippen molar-refractivity contribution in [3.05, 3.63) is 82.4 Å². The smallest absolute Gasteiger partial charge is 0.231 e. The van der Waals surface area contributed by atoms with Crippen molar-refractivity contribution < 1.29 is 18.9 Å². The van der Waals surface area contributed by atoms with Crippen molar-refractivity contribution in [3.8, 4) is 29.1 Å². The second-order valence-electron chi connectivity index (χ2n) is 6.53. The van der Waals surface area contributed by atoms with Crippen LogP contribution in [0, 0.1) is 11.3 Å². The van der Waals surface area contributed by atoms with Crippen molar-refractivity contribution in [1.29, 1.82) is 5.26 Å². The molecule has 0 unspecified atom stereocenters. The predicted octanol–water partition coefficient (Wildman–Crippen LogP) is 5.72. The molecule has 0 aliphatic carbocycles. The molecule has 1 heterocycles. The van der Waals surface area contributed by atoms with E-state index >= 15 is 0 Å². The van der Waals surface area contributed by atoms with Crippen LogP contribution in [0.3, 0.4) is 0 Å². The molecule has 3 aromatic carbocycles. The monoisotopic (exact) mass is 419 g/mol. The van der Waals surface area contributed by atoms with Gasteiger partial charge in [-0.25, -0.2) is 0 Å². The first-order valence-electron chi connectivity index (χ1n) is 9.24. The van der Waals surface area contributed by atoms with E-state index < -0.39 is 0 Å². The zero-order valence-electron chi connectivity index (χ0n) is 16.2. The first-order chi connectivity index (χ1) is 14.7. The van der Waals surface area contributed by atoms with Gasteiger partial charge in [0.05, 0.1) is 18.8 Å². The molecule has 1 aliphatic heterocycles. The number of ether oxygens (including phenoxy) is 4. The summed E-state index contributed by atoms with van der Waals surface area (Å²) < 4.78 is 22.1. The molecule has 0 atom stereocenters. The van der Waals surface area contributed by atoms with Gasteiger partial charge in [-0.1, -0.05) is 35.9 Å². The van der Waals surface area contributed by atoms with Crippen molar-refractivity contribution in [2.75, 3.05) is 13.9 Å². The van der Waals surface area contributed by atoms with E-state index in [0.717, 1.165) is 16.7 Å². The van der Waals surface area contributed by atoms with Gasteiger partial charge in [-0.3, -0.25) is 0 Å². The lowest BCUT2D eigenvalue weighted by Gasteiger charge is -2.12. The van der Waals surface area contributed by atoms with Crippen LogP contribution >= 0.6 is 11.6 Å². The third kappa shape index (κ3) is 4.19. The fourth-order valence-corrected chi connectivity index (χ4v) is 3.27. The van der Waals surface area contributed by atoms with Crippen LogP contribution in [0.5, 0.6) is 23.0 Å². The zero-order valence-corrected chi connectivity index (χ0v) is 17.0. The van der Waals surface area contributed by atoms with Crippen molar-refractivity contribution in [2.45, 2.75) is 6.61 Å². The second-order valence-corrected chi connectivity index (χ2v) is 6.94.